The van der Waals surface area contributed by atoms with Crippen LogP contribution in [0.2, 0.25) is 0 Å². The topological polar surface area (TPSA) is 33.1 Å². The Morgan fingerprint density at radius 2 is 2.00 bits per heavy atom. The molecule has 1 aromatic rings. The number of aromatic nitrogens is 1. The van der Waals surface area contributed by atoms with Crippen molar-refractivity contribution in [3.8, 4) is 0 Å². The van der Waals surface area contributed by atoms with Gasteiger partial charge < -0.3 is 5.11 Å². The molecule has 0 aliphatic heterocycles. The van der Waals surface area contributed by atoms with Crippen LogP contribution in [0, 0.1) is 5.41 Å². The van der Waals surface area contributed by atoms with Crippen molar-refractivity contribution in [1.82, 2.24) is 4.98 Å². The van der Waals surface area contributed by atoms with E-state index in [0.29, 0.717) is 0 Å². The molecule has 1 unspecified atom stereocenters. The van der Waals surface area contributed by atoms with Crippen molar-refractivity contribution in [2.75, 3.05) is 0 Å². The maximum Gasteiger partial charge on any atom is 0.0772 e. The van der Waals surface area contributed by atoms with Crippen LogP contribution in [0.1, 0.15) is 26.5 Å². The number of rotatable bonds is 2. The summed E-state index contributed by atoms with van der Waals surface area (Å²) in [6.45, 7) is 6.00. The van der Waals surface area contributed by atoms with E-state index in [4.69, 9.17) is 0 Å². The molecule has 0 bridgehead atoms. The Morgan fingerprint density at radius 3 is 2.47 bits per heavy atom. The Bertz CT molecular complexity index is 303. The standard InChI is InChI=1S/C12H17NO.ClH/c1-12(2,3)11(14)8-7-10-6-4-5-9-13-10;/h4-9,11,14H,1-3H3;1H/b8-7+;. The molecule has 0 aromatic carbocycles. The van der Waals surface area contributed by atoms with Crippen molar-refractivity contribution in [2.45, 2.75) is 26.9 Å². The Labute approximate surface area is 97.5 Å². The van der Waals surface area contributed by atoms with Gasteiger partial charge >= 0.3 is 0 Å². The molecule has 0 fully saturated rings. The van der Waals surface area contributed by atoms with Crippen molar-refractivity contribution < 1.29 is 5.11 Å². The van der Waals surface area contributed by atoms with Crippen molar-refractivity contribution in [1.29, 1.82) is 0 Å². The van der Waals surface area contributed by atoms with E-state index in [-0.39, 0.29) is 17.8 Å². The Hall–Kier alpha value is -0.860. The zero-order chi connectivity index (χ0) is 10.6. The number of pyridine rings is 1. The highest BCUT2D eigenvalue weighted by molar-refractivity contribution is 5.85. The average molecular weight is 228 g/mol. The molecule has 0 radical (unpaired) electrons. The minimum Gasteiger partial charge on any atom is -0.388 e. The Morgan fingerprint density at radius 1 is 1.33 bits per heavy atom. The van der Waals surface area contributed by atoms with E-state index in [9.17, 15) is 5.11 Å². The number of halogens is 1. The molecule has 0 spiro atoms. The van der Waals surface area contributed by atoms with Gasteiger partial charge in [-0.15, -0.1) is 12.4 Å². The summed E-state index contributed by atoms with van der Waals surface area (Å²) in [7, 11) is 0. The smallest absolute Gasteiger partial charge is 0.0772 e. The fourth-order valence-electron chi connectivity index (χ4n) is 0.953. The summed E-state index contributed by atoms with van der Waals surface area (Å²) in [5.41, 5.74) is 0.751. The van der Waals surface area contributed by atoms with Gasteiger partial charge in [0.2, 0.25) is 0 Å². The van der Waals surface area contributed by atoms with E-state index in [1.165, 1.54) is 0 Å². The summed E-state index contributed by atoms with van der Waals surface area (Å²) < 4.78 is 0. The molecule has 1 atom stereocenters. The van der Waals surface area contributed by atoms with Gasteiger partial charge in [0, 0.05) is 6.20 Å². The van der Waals surface area contributed by atoms with Crippen LogP contribution in [-0.2, 0) is 0 Å². The first kappa shape index (κ1) is 14.1. The van der Waals surface area contributed by atoms with Gasteiger partial charge in [0.15, 0.2) is 0 Å². The van der Waals surface area contributed by atoms with Gasteiger partial charge in [-0.25, -0.2) is 0 Å². The maximum absolute atomic E-state index is 9.73. The van der Waals surface area contributed by atoms with E-state index in [1.54, 1.807) is 12.3 Å². The van der Waals surface area contributed by atoms with Crippen molar-refractivity contribution in [3.63, 3.8) is 0 Å². The van der Waals surface area contributed by atoms with Gasteiger partial charge in [0.25, 0.3) is 0 Å². The molecule has 84 valence electrons. The average Bonchev–Trinajstić information content (AvgIpc) is 2.14. The molecule has 0 saturated heterocycles. The predicted molar refractivity (Wildman–Crippen MR) is 66.0 cm³/mol. The molecule has 1 rings (SSSR count). The lowest BCUT2D eigenvalue weighted by Gasteiger charge is -2.22. The molecule has 3 heteroatoms. The van der Waals surface area contributed by atoms with Crippen LogP contribution in [0.25, 0.3) is 6.08 Å². The third-order valence-corrected chi connectivity index (χ3v) is 2.02. The maximum atomic E-state index is 9.73. The zero-order valence-electron chi connectivity index (χ0n) is 9.34. The Kier molecular flexibility index (Phi) is 5.55. The highest BCUT2D eigenvalue weighted by atomic mass is 35.5. The first-order chi connectivity index (χ1) is 6.50. The SMILES string of the molecule is CC(C)(C)C(O)/C=C/c1ccccn1.Cl. The second kappa shape index (κ2) is 5.89. The molecular weight excluding hydrogens is 210 g/mol. The zero-order valence-corrected chi connectivity index (χ0v) is 10.2. The number of nitrogens with zero attached hydrogens (tertiary/aromatic N) is 1. The van der Waals surface area contributed by atoms with Crippen LogP contribution in [-0.4, -0.2) is 16.2 Å². The fourth-order valence-corrected chi connectivity index (χ4v) is 0.953. The summed E-state index contributed by atoms with van der Waals surface area (Å²) in [4.78, 5) is 4.13. The summed E-state index contributed by atoms with van der Waals surface area (Å²) in [5.74, 6) is 0. The summed E-state index contributed by atoms with van der Waals surface area (Å²) in [5, 5.41) is 9.73. The number of hydrogen-bond acceptors (Lipinski definition) is 2. The van der Waals surface area contributed by atoms with Crippen LogP contribution < -0.4 is 0 Å². The molecule has 0 aliphatic carbocycles. The lowest BCUT2D eigenvalue weighted by Crippen LogP contribution is -2.23. The summed E-state index contributed by atoms with van der Waals surface area (Å²) in [6.07, 6.45) is 4.92. The highest BCUT2D eigenvalue weighted by Gasteiger charge is 2.18. The molecule has 1 N–H and O–H groups in total. The van der Waals surface area contributed by atoms with E-state index in [2.05, 4.69) is 4.98 Å². The molecular formula is C12H18ClNO. The molecule has 0 saturated carbocycles. The van der Waals surface area contributed by atoms with Crippen LogP contribution in [0.15, 0.2) is 30.5 Å². The fraction of sp³-hybridized carbons (Fsp3) is 0.417. The molecule has 15 heavy (non-hydrogen) atoms. The quantitative estimate of drug-likeness (QED) is 0.843. The monoisotopic (exact) mass is 227 g/mol. The van der Waals surface area contributed by atoms with Gasteiger partial charge in [-0.2, -0.15) is 0 Å². The van der Waals surface area contributed by atoms with E-state index < -0.39 is 6.10 Å². The first-order valence-corrected chi connectivity index (χ1v) is 4.77. The van der Waals surface area contributed by atoms with Crippen LogP contribution in [0.4, 0.5) is 0 Å². The number of aliphatic hydroxyl groups excluding tert-OH is 1. The van der Waals surface area contributed by atoms with Crippen molar-refractivity contribution in [2.24, 2.45) is 5.41 Å². The normalized spacial score (nSPS) is 13.6. The van der Waals surface area contributed by atoms with Crippen LogP contribution in [0.3, 0.4) is 0 Å². The molecule has 1 heterocycles. The molecule has 0 amide bonds. The highest BCUT2D eigenvalue weighted by Crippen LogP contribution is 2.20. The van der Waals surface area contributed by atoms with Crippen LogP contribution in [0.5, 0.6) is 0 Å². The van der Waals surface area contributed by atoms with E-state index >= 15 is 0 Å². The van der Waals surface area contributed by atoms with Crippen LogP contribution >= 0.6 is 12.4 Å². The molecule has 1 aromatic heterocycles. The first-order valence-electron chi connectivity index (χ1n) is 4.77. The minimum atomic E-state index is -0.440. The third-order valence-electron chi connectivity index (χ3n) is 2.02. The summed E-state index contributed by atoms with van der Waals surface area (Å²) >= 11 is 0. The second-order valence-electron chi connectivity index (χ2n) is 4.42. The number of hydrogen-bond donors (Lipinski definition) is 1. The van der Waals surface area contributed by atoms with Gasteiger partial charge in [-0.1, -0.05) is 32.9 Å². The van der Waals surface area contributed by atoms with Gasteiger partial charge in [-0.05, 0) is 23.6 Å². The van der Waals surface area contributed by atoms with E-state index in [0.717, 1.165) is 5.69 Å². The lowest BCUT2D eigenvalue weighted by atomic mass is 9.89. The van der Waals surface area contributed by atoms with Gasteiger partial charge in [0.05, 0.1) is 11.8 Å². The number of aliphatic hydroxyl groups is 1. The summed E-state index contributed by atoms with van der Waals surface area (Å²) in [6, 6.07) is 5.71. The minimum absolute atomic E-state index is 0. The van der Waals surface area contributed by atoms with E-state index in [1.807, 2.05) is 45.0 Å². The van der Waals surface area contributed by atoms with Crippen molar-refractivity contribution in [3.05, 3.63) is 36.2 Å². The molecule has 2 nitrogen and oxygen atoms in total. The predicted octanol–water partition coefficient (Wildman–Crippen LogP) is 2.92. The lowest BCUT2D eigenvalue weighted by molar-refractivity contribution is 0.106. The Balaban J connectivity index is 0.00000196. The van der Waals surface area contributed by atoms with Crippen molar-refractivity contribution >= 4 is 18.5 Å². The van der Waals surface area contributed by atoms with Gasteiger partial charge in [0.1, 0.15) is 0 Å². The largest absolute Gasteiger partial charge is 0.388 e. The van der Waals surface area contributed by atoms with Gasteiger partial charge in [-0.3, -0.25) is 4.98 Å². The third kappa shape index (κ3) is 4.96. The second-order valence-corrected chi connectivity index (χ2v) is 4.42. The molecule has 0 aliphatic rings.